The van der Waals surface area contributed by atoms with Crippen molar-refractivity contribution in [3.05, 3.63) is 57.8 Å². The number of rotatable bonds is 5. The minimum Gasteiger partial charge on any atom is -0.374 e. The van der Waals surface area contributed by atoms with Crippen molar-refractivity contribution >= 4 is 34.8 Å². The van der Waals surface area contributed by atoms with Gasteiger partial charge in [-0.25, -0.2) is 4.98 Å². The summed E-state index contributed by atoms with van der Waals surface area (Å²) in [4.78, 5) is 16.2. The first kappa shape index (κ1) is 18.2. The highest BCUT2D eigenvalue weighted by atomic mass is 35.5. The monoisotopic (exact) mass is 378 g/mol. The second kappa shape index (κ2) is 8.65. The molecular weight excluding hydrogens is 359 g/mol. The summed E-state index contributed by atoms with van der Waals surface area (Å²) < 4.78 is 5.99. The standard InChI is InChI=1S/C19H20Cl2N2O2/c20-17-10-9-16(18(21)23-17)19(24)22-14-6-4-5-13(11-14)12-25-15-7-2-1-3-8-15/h4-6,9-11,15H,1-3,7-8,12H2,(H,22,24). The highest BCUT2D eigenvalue weighted by molar-refractivity contribution is 6.35. The van der Waals surface area contributed by atoms with Crippen LogP contribution in [0.3, 0.4) is 0 Å². The molecule has 2 aromatic rings. The van der Waals surface area contributed by atoms with Gasteiger partial charge in [-0.05, 0) is 42.7 Å². The molecule has 4 nitrogen and oxygen atoms in total. The molecule has 0 atom stereocenters. The van der Waals surface area contributed by atoms with Crippen molar-refractivity contribution in [2.75, 3.05) is 5.32 Å². The highest BCUT2D eigenvalue weighted by Crippen LogP contribution is 2.22. The van der Waals surface area contributed by atoms with Gasteiger partial charge in [0.05, 0.1) is 18.3 Å². The van der Waals surface area contributed by atoms with Crippen molar-refractivity contribution in [3.63, 3.8) is 0 Å². The molecule has 0 aliphatic heterocycles. The zero-order valence-electron chi connectivity index (χ0n) is 13.8. The molecule has 1 aromatic carbocycles. The van der Waals surface area contributed by atoms with Crippen LogP contribution >= 0.6 is 23.2 Å². The van der Waals surface area contributed by atoms with Gasteiger partial charge in [-0.3, -0.25) is 4.79 Å². The zero-order chi connectivity index (χ0) is 17.6. The zero-order valence-corrected chi connectivity index (χ0v) is 15.3. The molecule has 1 saturated carbocycles. The number of nitrogens with one attached hydrogen (secondary N) is 1. The first-order valence-electron chi connectivity index (χ1n) is 8.46. The number of carbonyl (C=O) groups excluding carboxylic acids is 1. The molecule has 3 rings (SSSR count). The van der Waals surface area contributed by atoms with E-state index in [1.54, 1.807) is 6.07 Å². The van der Waals surface area contributed by atoms with Crippen LogP contribution in [0.1, 0.15) is 48.0 Å². The summed E-state index contributed by atoms with van der Waals surface area (Å²) in [5, 5.41) is 3.17. The van der Waals surface area contributed by atoms with Gasteiger partial charge in [-0.1, -0.05) is 54.6 Å². The van der Waals surface area contributed by atoms with Gasteiger partial charge < -0.3 is 10.1 Å². The number of benzene rings is 1. The van der Waals surface area contributed by atoms with Crippen molar-refractivity contribution in [2.24, 2.45) is 0 Å². The number of aromatic nitrogens is 1. The molecule has 0 spiro atoms. The molecule has 0 radical (unpaired) electrons. The van der Waals surface area contributed by atoms with E-state index in [9.17, 15) is 4.79 Å². The molecule has 1 aromatic heterocycles. The number of anilines is 1. The SMILES string of the molecule is O=C(Nc1cccc(COC2CCCCC2)c1)c1ccc(Cl)nc1Cl. The van der Waals surface area contributed by atoms with Gasteiger partial charge in [-0.2, -0.15) is 0 Å². The molecule has 1 heterocycles. The molecule has 1 fully saturated rings. The average Bonchev–Trinajstić information content (AvgIpc) is 2.61. The quantitative estimate of drug-likeness (QED) is 0.699. The van der Waals surface area contributed by atoms with Crippen LogP contribution in [0.4, 0.5) is 5.69 Å². The summed E-state index contributed by atoms with van der Waals surface area (Å²) in [7, 11) is 0. The first-order valence-corrected chi connectivity index (χ1v) is 9.21. The number of hydrogen-bond acceptors (Lipinski definition) is 3. The Kier molecular flexibility index (Phi) is 6.29. The minimum atomic E-state index is -0.320. The number of ether oxygens (including phenoxy) is 1. The van der Waals surface area contributed by atoms with Crippen LogP contribution < -0.4 is 5.32 Å². The topological polar surface area (TPSA) is 51.2 Å². The maximum absolute atomic E-state index is 12.4. The summed E-state index contributed by atoms with van der Waals surface area (Å²) in [6.45, 7) is 0.553. The van der Waals surface area contributed by atoms with Crippen LogP contribution in [0.5, 0.6) is 0 Å². The lowest BCUT2D eigenvalue weighted by molar-refractivity contribution is 0.0169. The maximum atomic E-state index is 12.4. The fraction of sp³-hybridized carbons (Fsp3) is 0.368. The Morgan fingerprint density at radius 3 is 2.72 bits per heavy atom. The Labute approximate surface area is 157 Å². The summed E-state index contributed by atoms with van der Waals surface area (Å²) in [5.41, 5.74) is 2.01. The molecule has 0 saturated heterocycles. The summed E-state index contributed by atoms with van der Waals surface area (Å²) in [5.74, 6) is -0.320. The highest BCUT2D eigenvalue weighted by Gasteiger charge is 2.15. The lowest BCUT2D eigenvalue weighted by Crippen LogP contribution is -2.16. The number of amides is 1. The van der Waals surface area contributed by atoms with Crippen molar-refractivity contribution in [1.82, 2.24) is 4.98 Å². The molecule has 6 heteroatoms. The predicted molar refractivity (Wildman–Crippen MR) is 100 cm³/mol. The molecule has 1 aliphatic rings. The second-order valence-corrected chi connectivity index (χ2v) is 6.94. The second-order valence-electron chi connectivity index (χ2n) is 6.20. The van der Waals surface area contributed by atoms with E-state index in [0.717, 1.165) is 18.4 Å². The third-order valence-corrected chi connectivity index (χ3v) is 4.78. The molecule has 0 bridgehead atoms. The smallest absolute Gasteiger partial charge is 0.258 e. The molecule has 0 unspecified atom stereocenters. The van der Waals surface area contributed by atoms with E-state index in [-0.39, 0.29) is 21.8 Å². The van der Waals surface area contributed by atoms with Gasteiger partial charge >= 0.3 is 0 Å². The van der Waals surface area contributed by atoms with Crippen LogP contribution in [-0.2, 0) is 11.3 Å². The lowest BCUT2D eigenvalue weighted by atomic mass is 9.98. The van der Waals surface area contributed by atoms with Gasteiger partial charge in [0.1, 0.15) is 10.3 Å². The molecule has 1 amide bonds. The Morgan fingerprint density at radius 2 is 1.96 bits per heavy atom. The summed E-state index contributed by atoms with van der Waals surface area (Å²) in [6, 6.07) is 10.7. The van der Waals surface area contributed by atoms with Crippen molar-refractivity contribution in [3.8, 4) is 0 Å². The van der Waals surface area contributed by atoms with E-state index in [0.29, 0.717) is 18.4 Å². The third kappa shape index (κ3) is 5.18. The number of halogens is 2. The molecular formula is C19H20Cl2N2O2. The Morgan fingerprint density at radius 1 is 1.16 bits per heavy atom. The Bertz CT molecular complexity index is 746. The van der Waals surface area contributed by atoms with Gasteiger partial charge in [0.25, 0.3) is 5.91 Å². The molecule has 1 aliphatic carbocycles. The number of nitrogens with zero attached hydrogens (tertiary/aromatic N) is 1. The van der Waals surface area contributed by atoms with Crippen molar-refractivity contribution in [2.45, 2.75) is 44.8 Å². The van der Waals surface area contributed by atoms with E-state index in [1.165, 1.54) is 25.3 Å². The van der Waals surface area contributed by atoms with Crippen LogP contribution in [0.2, 0.25) is 10.3 Å². The number of hydrogen-bond donors (Lipinski definition) is 1. The fourth-order valence-electron chi connectivity index (χ4n) is 2.96. The maximum Gasteiger partial charge on any atom is 0.258 e. The van der Waals surface area contributed by atoms with Gasteiger partial charge in [-0.15, -0.1) is 0 Å². The van der Waals surface area contributed by atoms with Gasteiger partial charge in [0.15, 0.2) is 0 Å². The lowest BCUT2D eigenvalue weighted by Gasteiger charge is -2.22. The van der Waals surface area contributed by atoms with Gasteiger partial charge in [0, 0.05) is 5.69 Å². The van der Waals surface area contributed by atoms with Crippen LogP contribution in [0, 0.1) is 0 Å². The molecule has 132 valence electrons. The van der Waals surface area contributed by atoms with Crippen molar-refractivity contribution in [1.29, 1.82) is 0 Å². The normalized spacial score (nSPS) is 15.1. The van der Waals surface area contributed by atoms with E-state index < -0.39 is 0 Å². The molecule has 1 N–H and O–H groups in total. The van der Waals surface area contributed by atoms with Crippen LogP contribution in [0.15, 0.2) is 36.4 Å². The van der Waals surface area contributed by atoms with E-state index in [1.807, 2.05) is 24.3 Å². The van der Waals surface area contributed by atoms with Gasteiger partial charge in [0.2, 0.25) is 0 Å². The third-order valence-electron chi connectivity index (χ3n) is 4.28. The van der Waals surface area contributed by atoms with Crippen molar-refractivity contribution < 1.29 is 9.53 Å². The van der Waals surface area contributed by atoms with Crippen LogP contribution in [0.25, 0.3) is 0 Å². The molecule has 25 heavy (non-hydrogen) atoms. The van der Waals surface area contributed by atoms with Crippen LogP contribution in [-0.4, -0.2) is 17.0 Å². The summed E-state index contributed by atoms with van der Waals surface area (Å²) in [6.07, 6.45) is 6.43. The van der Waals surface area contributed by atoms with E-state index in [4.69, 9.17) is 27.9 Å². The van der Waals surface area contributed by atoms with E-state index >= 15 is 0 Å². The fourth-order valence-corrected chi connectivity index (χ4v) is 3.40. The number of pyridine rings is 1. The predicted octanol–water partition coefficient (Wildman–Crippen LogP) is 5.49. The Balaban J connectivity index is 1.61. The minimum absolute atomic E-state index is 0.0850. The first-order chi connectivity index (χ1) is 12.1. The Hall–Kier alpha value is -1.62. The number of carbonyl (C=O) groups is 1. The largest absolute Gasteiger partial charge is 0.374 e. The summed E-state index contributed by atoms with van der Waals surface area (Å²) >= 11 is 11.7. The average molecular weight is 379 g/mol. The van der Waals surface area contributed by atoms with E-state index in [2.05, 4.69) is 10.3 Å².